The topological polar surface area (TPSA) is 54.4 Å². The van der Waals surface area contributed by atoms with Crippen LogP contribution in [0.15, 0.2) is 15.9 Å². The highest BCUT2D eigenvalue weighted by Crippen LogP contribution is 2.28. The normalized spacial score (nSPS) is 18.7. The van der Waals surface area contributed by atoms with Gasteiger partial charge in [0.1, 0.15) is 0 Å². The van der Waals surface area contributed by atoms with E-state index in [2.05, 4.69) is 16.1 Å². The number of hydrogen-bond donors (Lipinski definition) is 1. The fraction of sp³-hybridized carbons (Fsp3) is 0.600. The van der Waals surface area contributed by atoms with Gasteiger partial charge in [-0.1, -0.05) is 0 Å². The Balaban J connectivity index is 1.68. The molecule has 3 heterocycles. The van der Waals surface area contributed by atoms with Gasteiger partial charge < -0.3 is 9.52 Å². The van der Waals surface area contributed by atoms with Gasteiger partial charge in [-0.3, -0.25) is 4.90 Å². The van der Waals surface area contributed by atoms with Crippen molar-refractivity contribution in [2.24, 2.45) is 5.92 Å². The first-order valence-electron chi connectivity index (χ1n) is 7.57. The summed E-state index contributed by atoms with van der Waals surface area (Å²) in [6.07, 6.45) is 1.81. The van der Waals surface area contributed by atoms with Gasteiger partial charge >= 0.3 is 0 Å². The summed E-state index contributed by atoms with van der Waals surface area (Å²) >= 11 is 6.91. The fourth-order valence-corrected chi connectivity index (χ4v) is 3.87. The van der Waals surface area contributed by atoms with Crippen LogP contribution < -0.4 is 0 Å². The average molecular weight is 339 g/mol. The number of aliphatic hydroxyl groups excluding tert-OH is 1. The van der Waals surface area contributed by atoms with Gasteiger partial charge in [-0.15, -0.1) is 16.4 Å². The minimum absolute atomic E-state index is 0.218. The van der Waals surface area contributed by atoms with Crippen molar-refractivity contribution in [1.29, 1.82) is 0 Å². The number of aryl methyl sites for hydroxylation is 1. The molecule has 1 unspecified atom stereocenters. The van der Waals surface area contributed by atoms with Gasteiger partial charge in [0.15, 0.2) is 0 Å². The van der Waals surface area contributed by atoms with Crippen molar-refractivity contribution in [1.82, 2.24) is 14.7 Å². The van der Waals surface area contributed by atoms with Crippen LogP contribution in [-0.4, -0.2) is 39.0 Å². The number of nitrogens with zero attached hydrogens (tertiary/aromatic N) is 3. The highest BCUT2D eigenvalue weighted by atomic mass is 32.1. The molecular formula is C15H21N3O2S2. The lowest BCUT2D eigenvalue weighted by Crippen LogP contribution is -2.38. The summed E-state index contributed by atoms with van der Waals surface area (Å²) < 4.78 is 7.41. The second-order valence-corrected chi connectivity index (χ2v) is 7.21. The number of aliphatic hydroxyl groups is 1. The zero-order chi connectivity index (χ0) is 15.7. The molecule has 1 N–H and O–H groups in total. The van der Waals surface area contributed by atoms with E-state index in [-0.39, 0.29) is 6.10 Å². The fourth-order valence-electron chi connectivity index (χ4n) is 2.85. The summed E-state index contributed by atoms with van der Waals surface area (Å²) in [5, 5.41) is 16.2. The Labute approximate surface area is 139 Å². The summed E-state index contributed by atoms with van der Waals surface area (Å²) in [5.41, 5.74) is 1.16. The van der Waals surface area contributed by atoms with Gasteiger partial charge in [-0.25, -0.2) is 4.68 Å². The third kappa shape index (κ3) is 3.32. The van der Waals surface area contributed by atoms with Crippen LogP contribution >= 0.6 is 23.6 Å². The van der Waals surface area contributed by atoms with Gasteiger partial charge in [-0.2, -0.15) is 0 Å². The van der Waals surface area contributed by atoms with E-state index in [0.717, 1.165) is 36.4 Å². The van der Waals surface area contributed by atoms with E-state index in [0.29, 0.717) is 23.3 Å². The summed E-state index contributed by atoms with van der Waals surface area (Å²) in [4.78, 5) is 3.76. The lowest BCUT2D eigenvalue weighted by molar-refractivity contribution is 0.0588. The molecule has 120 valence electrons. The van der Waals surface area contributed by atoms with Gasteiger partial charge in [-0.05, 0) is 61.8 Å². The van der Waals surface area contributed by atoms with Gasteiger partial charge in [0.2, 0.25) is 0 Å². The van der Waals surface area contributed by atoms with Crippen LogP contribution in [0.3, 0.4) is 0 Å². The minimum Gasteiger partial charge on any atom is -0.408 e. The quantitative estimate of drug-likeness (QED) is 0.866. The van der Waals surface area contributed by atoms with E-state index in [1.165, 1.54) is 0 Å². The molecule has 5 nitrogen and oxygen atoms in total. The maximum Gasteiger partial charge on any atom is 0.288 e. The maximum atomic E-state index is 9.67. The molecule has 1 aliphatic heterocycles. The summed E-state index contributed by atoms with van der Waals surface area (Å²) in [6, 6.07) is 2.05. The largest absolute Gasteiger partial charge is 0.408 e. The molecule has 1 saturated heterocycles. The van der Waals surface area contributed by atoms with E-state index < -0.39 is 0 Å². The molecule has 3 rings (SSSR count). The van der Waals surface area contributed by atoms with E-state index >= 15 is 0 Å². The zero-order valence-electron chi connectivity index (χ0n) is 12.9. The first-order chi connectivity index (χ1) is 10.5. The SMILES string of the molecule is Cc1ccsc1-c1nn(CN2CCC(C(C)O)CC2)c(=S)o1. The average Bonchev–Trinajstić information content (AvgIpc) is 3.06. The van der Waals surface area contributed by atoms with Crippen LogP contribution in [0, 0.1) is 17.7 Å². The highest BCUT2D eigenvalue weighted by molar-refractivity contribution is 7.71. The van der Waals surface area contributed by atoms with E-state index in [4.69, 9.17) is 16.6 Å². The van der Waals surface area contributed by atoms with Crippen LogP contribution in [0.25, 0.3) is 10.8 Å². The van der Waals surface area contributed by atoms with Crippen LogP contribution in [-0.2, 0) is 6.67 Å². The molecular weight excluding hydrogens is 318 g/mol. The molecule has 0 spiro atoms. The number of aromatic nitrogens is 2. The molecule has 0 aromatic carbocycles. The monoisotopic (exact) mass is 339 g/mol. The second-order valence-electron chi connectivity index (χ2n) is 5.94. The predicted molar refractivity (Wildman–Crippen MR) is 89.4 cm³/mol. The van der Waals surface area contributed by atoms with Gasteiger partial charge in [0.25, 0.3) is 10.7 Å². The van der Waals surface area contributed by atoms with Crippen molar-refractivity contribution in [3.63, 3.8) is 0 Å². The lowest BCUT2D eigenvalue weighted by Gasteiger charge is -2.32. The standard InChI is InChI=1S/C15H21N3O2S2/c1-10-5-8-22-13(10)14-16-18(15(21)20-14)9-17-6-3-12(4-7-17)11(2)19/h5,8,11-12,19H,3-4,6-7,9H2,1-2H3. The third-order valence-corrected chi connectivity index (χ3v) is 5.61. The van der Waals surface area contributed by atoms with Crippen LogP contribution in [0.1, 0.15) is 25.3 Å². The molecule has 0 amide bonds. The number of hydrogen-bond acceptors (Lipinski definition) is 6. The summed E-state index contributed by atoms with van der Waals surface area (Å²) in [5.74, 6) is 1.02. The van der Waals surface area contributed by atoms with E-state index in [1.807, 2.05) is 19.2 Å². The molecule has 0 saturated carbocycles. The van der Waals surface area contributed by atoms with E-state index in [1.54, 1.807) is 16.0 Å². The smallest absolute Gasteiger partial charge is 0.288 e. The van der Waals surface area contributed by atoms with E-state index in [9.17, 15) is 5.11 Å². The minimum atomic E-state index is -0.218. The van der Waals surface area contributed by atoms with Crippen LogP contribution in [0.5, 0.6) is 0 Å². The first kappa shape index (κ1) is 15.9. The molecule has 7 heteroatoms. The Bertz CT molecular complexity index is 681. The first-order valence-corrected chi connectivity index (χ1v) is 8.86. The van der Waals surface area contributed by atoms with Crippen molar-refractivity contribution >= 4 is 23.6 Å². The molecule has 2 aromatic heterocycles. The Hall–Kier alpha value is -1.02. The number of rotatable bonds is 4. The van der Waals surface area contributed by atoms with Crippen molar-refractivity contribution in [2.45, 2.75) is 39.5 Å². The number of likely N-dealkylation sites (tertiary alicyclic amines) is 1. The molecule has 0 radical (unpaired) electrons. The second kappa shape index (κ2) is 6.62. The highest BCUT2D eigenvalue weighted by Gasteiger charge is 2.23. The Morgan fingerprint density at radius 1 is 1.50 bits per heavy atom. The van der Waals surface area contributed by atoms with Crippen molar-refractivity contribution in [3.05, 3.63) is 21.8 Å². The van der Waals surface area contributed by atoms with Crippen LogP contribution in [0.4, 0.5) is 0 Å². The molecule has 22 heavy (non-hydrogen) atoms. The lowest BCUT2D eigenvalue weighted by atomic mass is 9.92. The maximum absolute atomic E-state index is 9.67. The third-order valence-electron chi connectivity index (χ3n) is 4.31. The molecule has 0 aliphatic carbocycles. The van der Waals surface area contributed by atoms with Crippen molar-refractivity contribution < 1.29 is 9.52 Å². The molecule has 1 fully saturated rings. The Kier molecular flexibility index (Phi) is 4.77. The molecule has 0 bridgehead atoms. The molecule has 2 aromatic rings. The van der Waals surface area contributed by atoms with Gasteiger partial charge in [0.05, 0.1) is 17.6 Å². The Morgan fingerprint density at radius 3 is 2.82 bits per heavy atom. The molecule has 1 atom stereocenters. The molecule has 1 aliphatic rings. The number of piperidine rings is 1. The number of thiophene rings is 1. The van der Waals surface area contributed by atoms with Gasteiger partial charge in [0, 0.05) is 13.1 Å². The summed E-state index contributed by atoms with van der Waals surface area (Å²) in [6.45, 7) is 6.49. The Morgan fingerprint density at radius 2 is 2.23 bits per heavy atom. The van der Waals surface area contributed by atoms with Crippen molar-refractivity contribution in [2.75, 3.05) is 13.1 Å². The summed E-state index contributed by atoms with van der Waals surface area (Å²) in [7, 11) is 0. The predicted octanol–water partition coefficient (Wildman–Crippen LogP) is 3.29. The zero-order valence-corrected chi connectivity index (χ0v) is 14.5. The van der Waals surface area contributed by atoms with Crippen LogP contribution in [0.2, 0.25) is 0 Å². The van der Waals surface area contributed by atoms with Crippen molar-refractivity contribution in [3.8, 4) is 10.8 Å².